The molecule has 4 nitrogen and oxygen atoms in total. The number of benzene rings is 1. The SMILES string of the molecule is COCC(C(C)C)N1C(=O)C(Cc2ccccc2)NC1C. The smallest absolute Gasteiger partial charge is 0.241 e. The summed E-state index contributed by atoms with van der Waals surface area (Å²) in [7, 11) is 1.69. The Labute approximate surface area is 127 Å². The molecule has 1 aromatic rings. The lowest BCUT2D eigenvalue weighted by molar-refractivity contribution is -0.134. The van der Waals surface area contributed by atoms with E-state index >= 15 is 0 Å². The molecule has 0 aromatic heterocycles. The van der Waals surface area contributed by atoms with Crippen LogP contribution in [0.3, 0.4) is 0 Å². The molecule has 3 unspecified atom stereocenters. The standard InChI is InChI=1S/C17H26N2O2/c1-12(2)16(11-21-4)19-13(3)18-15(17(19)20)10-14-8-6-5-7-9-14/h5-9,12-13,15-16,18H,10-11H2,1-4H3. The van der Waals surface area contributed by atoms with Gasteiger partial charge in [-0.15, -0.1) is 0 Å². The van der Waals surface area contributed by atoms with Gasteiger partial charge in [-0.2, -0.15) is 0 Å². The summed E-state index contributed by atoms with van der Waals surface area (Å²) in [6.45, 7) is 6.89. The summed E-state index contributed by atoms with van der Waals surface area (Å²) in [5.74, 6) is 0.552. The maximum absolute atomic E-state index is 12.7. The number of nitrogens with one attached hydrogen (secondary N) is 1. The predicted octanol–water partition coefficient (Wildman–Crippen LogP) is 2.05. The van der Waals surface area contributed by atoms with Crippen molar-refractivity contribution >= 4 is 5.91 Å². The van der Waals surface area contributed by atoms with Gasteiger partial charge in [-0.3, -0.25) is 10.1 Å². The van der Waals surface area contributed by atoms with Crippen LogP contribution in [0.15, 0.2) is 30.3 Å². The minimum atomic E-state index is -0.138. The molecular formula is C17H26N2O2. The topological polar surface area (TPSA) is 41.6 Å². The molecule has 116 valence electrons. The van der Waals surface area contributed by atoms with E-state index in [0.29, 0.717) is 12.5 Å². The summed E-state index contributed by atoms with van der Waals surface area (Å²) < 4.78 is 5.31. The van der Waals surface area contributed by atoms with Crippen LogP contribution in [-0.2, 0) is 16.0 Å². The van der Waals surface area contributed by atoms with Crippen molar-refractivity contribution in [3.8, 4) is 0 Å². The molecule has 3 atom stereocenters. The van der Waals surface area contributed by atoms with Crippen molar-refractivity contribution in [2.75, 3.05) is 13.7 Å². The van der Waals surface area contributed by atoms with Crippen molar-refractivity contribution in [3.05, 3.63) is 35.9 Å². The molecule has 0 spiro atoms. The Kier molecular flexibility index (Phi) is 5.37. The maximum Gasteiger partial charge on any atom is 0.241 e. The highest BCUT2D eigenvalue weighted by molar-refractivity contribution is 5.85. The van der Waals surface area contributed by atoms with Crippen molar-refractivity contribution in [3.63, 3.8) is 0 Å². The van der Waals surface area contributed by atoms with E-state index in [1.807, 2.05) is 30.0 Å². The van der Waals surface area contributed by atoms with Gasteiger partial charge in [-0.1, -0.05) is 44.2 Å². The van der Waals surface area contributed by atoms with E-state index in [4.69, 9.17) is 4.74 Å². The van der Waals surface area contributed by atoms with Gasteiger partial charge in [-0.05, 0) is 24.8 Å². The molecule has 1 saturated heterocycles. The van der Waals surface area contributed by atoms with E-state index < -0.39 is 0 Å². The van der Waals surface area contributed by atoms with Crippen molar-refractivity contribution in [1.29, 1.82) is 0 Å². The van der Waals surface area contributed by atoms with Crippen molar-refractivity contribution in [1.82, 2.24) is 10.2 Å². The number of carbonyl (C=O) groups excluding carboxylic acids is 1. The summed E-state index contributed by atoms with van der Waals surface area (Å²) in [4.78, 5) is 14.7. The average Bonchev–Trinajstić information content (AvgIpc) is 2.72. The maximum atomic E-state index is 12.7. The summed E-state index contributed by atoms with van der Waals surface area (Å²) in [5.41, 5.74) is 1.19. The van der Waals surface area contributed by atoms with Crippen LogP contribution in [0.2, 0.25) is 0 Å². The molecule has 0 aliphatic carbocycles. The second-order valence-corrected chi connectivity index (χ2v) is 6.10. The molecule has 2 rings (SSSR count). The number of hydrogen-bond donors (Lipinski definition) is 1. The summed E-state index contributed by atoms with van der Waals surface area (Å²) in [6, 6.07) is 10.1. The van der Waals surface area contributed by atoms with Gasteiger partial charge in [0.25, 0.3) is 0 Å². The van der Waals surface area contributed by atoms with Gasteiger partial charge in [0.15, 0.2) is 0 Å². The lowest BCUT2D eigenvalue weighted by Gasteiger charge is -2.33. The molecule has 1 fully saturated rings. The Balaban J connectivity index is 2.10. The monoisotopic (exact) mass is 290 g/mol. The molecule has 4 heteroatoms. The fourth-order valence-corrected chi connectivity index (χ4v) is 3.02. The number of methoxy groups -OCH3 is 1. The van der Waals surface area contributed by atoms with Gasteiger partial charge in [0.1, 0.15) is 0 Å². The molecule has 1 N–H and O–H groups in total. The van der Waals surface area contributed by atoms with Crippen molar-refractivity contribution in [2.24, 2.45) is 5.92 Å². The fraction of sp³-hybridized carbons (Fsp3) is 0.588. The Morgan fingerprint density at radius 3 is 2.52 bits per heavy atom. The Morgan fingerprint density at radius 2 is 1.95 bits per heavy atom. The number of rotatable bonds is 6. The van der Waals surface area contributed by atoms with Crippen LogP contribution in [0, 0.1) is 5.92 Å². The molecule has 1 amide bonds. The van der Waals surface area contributed by atoms with Crippen molar-refractivity contribution in [2.45, 2.75) is 45.4 Å². The third kappa shape index (κ3) is 3.63. The summed E-state index contributed by atoms with van der Waals surface area (Å²) in [5, 5.41) is 3.42. The highest BCUT2D eigenvalue weighted by Crippen LogP contribution is 2.22. The normalized spacial score (nSPS) is 23.9. The number of hydrogen-bond acceptors (Lipinski definition) is 3. The zero-order chi connectivity index (χ0) is 15.4. The molecular weight excluding hydrogens is 264 g/mol. The molecule has 0 bridgehead atoms. The van der Waals surface area contributed by atoms with Gasteiger partial charge < -0.3 is 9.64 Å². The largest absolute Gasteiger partial charge is 0.383 e. The van der Waals surface area contributed by atoms with E-state index in [9.17, 15) is 4.79 Å². The zero-order valence-corrected chi connectivity index (χ0v) is 13.4. The zero-order valence-electron chi connectivity index (χ0n) is 13.4. The number of amides is 1. The van der Waals surface area contributed by atoms with Crippen LogP contribution < -0.4 is 5.32 Å². The number of ether oxygens (including phenoxy) is 1. The Morgan fingerprint density at radius 1 is 1.29 bits per heavy atom. The number of carbonyl (C=O) groups is 1. The molecule has 0 radical (unpaired) electrons. The second kappa shape index (κ2) is 7.05. The first-order chi connectivity index (χ1) is 10.0. The molecule has 0 saturated carbocycles. The van der Waals surface area contributed by atoms with Gasteiger partial charge in [-0.25, -0.2) is 0 Å². The third-order valence-corrected chi connectivity index (χ3v) is 4.16. The first-order valence-electron chi connectivity index (χ1n) is 7.65. The Hall–Kier alpha value is -1.39. The third-order valence-electron chi connectivity index (χ3n) is 4.16. The van der Waals surface area contributed by atoms with E-state index in [-0.39, 0.29) is 24.2 Å². The molecule has 1 aliphatic rings. The van der Waals surface area contributed by atoms with Gasteiger partial charge in [0.05, 0.1) is 24.9 Å². The van der Waals surface area contributed by atoms with E-state index in [1.165, 1.54) is 5.56 Å². The summed E-state index contributed by atoms with van der Waals surface area (Å²) >= 11 is 0. The van der Waals surface area contributed by atoms with E-state index in [1.54, 1.807) is 7.11 Å². The predicted molar refractivity (Wildman–Crippen MR) is 83.9 cm³/mol. The van der Waals surface area contributed by atoms with Crippen LogP contribution in [0.4, 0.5) is 0 Å². The molecule has 1 aromatic carbocycles. The highest BCUT2D eigenvalue weighted by atomic mass is 16.5. The van der Waals surface area contributed by atoms with Crippen molar-refractivity contribution < 1.29 is 9.53 Å². The van der Waals surface area contributed by atoms with Crippen LogP contribution in [0.25, 0.3) is 0 Å². The van der Waals surface area contributed by atoms with Crippen LogP contribution in [0.5, 0.6) is 0 Å². The summed E-state index contributed by atoms with van der Waals surface area (Å²) in [6.07, 6.45) is 0.784. The van der Waals surface area contributed by atoms with Crippen LogP contribution in [-0.4, -0.2) is 42.8 Å². The first kappa shape index (κ1) is 16.0. The van der Waals surface area contributed by atoms with E-state index in [2.05, 4.69) is 31.3 Å². The molecule has 1 aliphatic heterocycles. The lowest BCUT2D eigenvalue weighted by Crippen LogP contribution is -2.48. The fourth-order valence-electron chi connectivity index (χ4n) is 3.02. The van der Waals surface area contributed by atoms with Crippen LogP contribution in [0.1, 0.15) is 26.3 Å². The Bertz CT molecular complexity index is 461. The second-order valence-electron chi connectivity index (χ2n) is 6.10. The molecule has 1 heterocycles. The highest BCUT2D eigenvalue weighted by Gasteiger charge is 2.41. The minimum Gasteiger partial charge on any atom is -0.383 e. The first-order valence-corrected chi connectivity index (χ1v) is 7.65. The van der Waals surface area contributed by atoms with E-state index in [0.717, 1.165) is 6.42 Å². The minimum absolute atomic E-state index is 0.0498. The quantitative estimate of drug-likeness (QED) is 0.872. The molecule has 21 heavy (non-hydrogen) atoms. The number of nitrogens with zero attached hydrogens (tertiary/aromatic N) is 1. The van der Waals surface area contributed by atoms with Gasteiger partial charge in [0.2, 0.25) is 5.91 Å². The lowest BCUT2D eigenvalue weighted by atomic mass is 10.0. The van der Waals surface area contributed by atoms with Gasteiger partial charge in [0, 0.05) is 7.11 Å². The van der Waals surface area contributed by atoms with Crippen LogP contribution >= 0.6 is 0 Å². The van der Waals surface area contributed by atoms with Gasteiger partial charge >= 0.3 is 0 Å². The average molecular weight is 290 g/mol.